The normalized spacial score (nSPS) is 23.9. The number of alkyl halides is 3. The number of hydrogen-bond acceptors (Lipinski definition) is 7. The van der Waals surface area contributed by atoms with Gasteiger partial charge in [0, 0.05) is 0 Å². The number of H-pyrrole nitrogens is 1. The summed E-state index contributed by atoms with van der Waals surface area (Å²) in [5, 5.41) is 10.3. The van der Waals surface area contributed by atoms with Crippen LogP contribution in [0.15, 0.2) is 62.1 Å². The molecule has 0 bridgehead atoms. The smallest absolute Gasteiger partial charge is 0.417 e. The Hall–Kier alpha value is -2.26. The van der Waals surface area contributed by atoms with Crippen molar-refractivity contribution in [2.75, 3.05) is 6.61 Å². The van der Waals surface area contributed by atoms with E-state index in [1.165, 1.54) is 6.92 Å². The molecule has 17 heteroatoms. The molecule has 3 atom stereocenters. The largest absolute Gasteiger partial charge is 0.598 e. The van der Waals surface area contributed by atoms with E-state index in [-0.39, 0.29) is 6.61 Å². The van der Waals surface area contributed by atoms with Crippen molar-refractivity contribution in [3.8, 4) is 5.75 Å². The molecule has 172 valence electrons. The standard InChI is InChI=1S/C9H9F6N3O2P3.C6H5N3/c1-2-19-22(14)16-21(13)17-23(15,18-22)20-8-5-3-4-7(6-8)9(10,11)12;1-2-4-6-5(3-1)7-9-8-6/h3-6H,2H2,1H3;1-4H,(H,7,8,9)/q+1;. The Labute approximate surface area is 178 Å². The van der Waals surface area contributed by atoms with Gasteiger partial charge in [0.2, 0.25) is 0 Å². The van der Waals surface area contributed by atoms with Gasteiger partial charge in [0.15, 0.2) is 0 Å². The number of halogens is 6. The first-order valence-electron chi connectivity index (χ1n) is 8.63. The minimum Gasteiger partial charge on any atom is -0.417 e. The van der Waals surface area contributed by atoms with Crippen molar-refractivity contribution in [2.24, 2.45) is 13.5 Å². The van der Waals surface area contributed by atoms with Crippen molar-refractivity contribution >= 4 is 34.7 Å². The molecule has 1 aliphatic heterocycles. The van der Waals surface area contributed by atoms with Crippen LogP contribution in [0.25, 0.3) is 11.0 Å². The maximum absolute atomic E-state index is 14.5. The molecule has 0 saturated carbocycles. The maximum Gasteiger partial charge on any atom is 0.598 e. The minimum absolute atomic E-state index is 0.246. The first-order valence-corrected chi connectivity index (χ1v) is 12.8. The molecular formula is C15H14F6N6O2P3+. The van der Waals surface area contributed by atoms with Crippen LogP contribution in [0.3, 0.4) is 0 Å². The Bertz CT molecular complexity index is 1220. The van der Waals surface area contributed by atoms with Gasteiger partial charge in [0.25, 0.3) is 0 Å². The van der Waals surface area contributed by atoms with Crippen LogP contribution in [0.1, 0.15) is 12.5 Å². The summed E-state index contributed by atoms with van der Waals surface area (Å²) in [4.78, 5) is 0. The van der Waals surface area contributed by atoms with Crippen molar-refractivity contribution in [1.82, 2.24) is 15.4 Å². The number of benzene rings is 2. The third-order valence-electron chi connectivity index (χ3n) is 3.49. The van der Waals surface area contributed by atoms with E-state index in [1.54, 1.807) is 0 Å². The molecule has 0 aliphatic carbocycles. The lowest BCUT2D eigenvalue weighted by Gasteiger charge is -2.15. The third kappa shape index (κ3) is 6.38. The Morgan fingerprint density at radius 3 is 2.25 bits per heavy atom. The van der Waals surface area contributed by atoms with Gasteiger partial charge < -0.3 is 9.05 Å². The zero-order chi connectivity index (χ0) is 23.4. The monoisotopic (exact) mass is 517 g/mol. The van der Waals surface area contributed by atoms with Crippen LogP contribution in [0.2, 0.25) is 0 Å². The van der Waals surface area contributed by atoms with E-state index in [0.717, 1.165) is 29.2 Å². The van der Waals surface area contributed by atoms with Gasteiger partial charge in [-0.1, -0.05) is 18.2 Å². The molecule has 0 saturated heterocycles. The van der Waals surface area contributed by atoms with Crippen molar-refractivity contribution in [2.45, 2.75) is 13.1 Å². The third-order valence-corrected chi connectivity index (χ3v) is 9.23. The van der Waals surface area contributed by atoms with Crippen LogP contribution in [0.4, 0.5) is 25.8 Å². The molecule has 3 unspecified atom stereocenters. The molecule has 0 amide bonds. The molecule has 32 heavy (non-hydrogen) atoms. The second-order valence-electron chi connectivity index (χ2n) is 5.80. The summed E-state index contributed by atoms with van der Waals surface area (Å²) in [5.41, 5.74) is 0.715. The van der Waals surface area contributed by atoms with Crippen molar-refractivity contribution in [1.29, 1.82) is 0 Å². The Morgan fingerprint density at radius 1 is 1.00 bits per heavy atom. The lowest BCUT2D eigenvalue weighted by atomic mass is 10.2. The van der Waals surface area contributed by atoms with Gasteiger partial charge in [-0.05, 0) is 37.3 Å². The second-order valence-corrected chi connectivity index (χ2v) is 10.8. The molecule has 4 rings (SSSR count). The van der Waals surface area contributed by atoms with E-state index in [1.807, 2.05) is 24.3 Å². The Kier molecular flexibility index (Phi) is 7.39. The fourth-order valence-electron chi connectivity index (χ4n) is 2.27. The first-order chi connectivity index (χ1) is 15.0. The molecule has 8 nitrogen and oxygen atoms in total. The number of aromatic amines is 1. The molecule has 3 aromatic rings. The van der Waals surface area contributed by atoms with Gasteiger partial charge in [-0.25, -0.2) is 0 Å². The number of hydrogen-bond donors (Lipinski definition) is 1. The van der Waals surface area contributed by atoms with Gasteiger partial charge in [-0.2, -0.15) is 32.8 Å². The van der Waals surface area contributed by atoms with Gasteiger partial charge in [0.1, 0.15) is 16.8 Å². The SMILES string of the molecule is CCOP1(F)=N[P+](F)=NP(F)(Oc2cccc(C(F)(F)F)c2)=N1.c1ccc2n[nH]nc2c1. The second kappa shape index (κ2) is 9.70. The highest BCUT2D eigenvalue weighted by Gasteiger charge is 2.43. The average molecular weight is 517 g/mol. The first kappa shape index (κ1) is 24.4. The molecule has 1 N–H and O–H groups in total. The quantitative estimate of drug-likeness (QED) is 0.278. The Morgan fingerprint density at radius 2 is 1.66 bits per heavy atom. The predicted molar refractivity (Wildman–Crippen MR) is 109 cm³/mol. The molecule has 1 aromatic heterocycles. The number of rotatable bonds is 4. The predicted octanol–water partition coefficient (Wildman–Crippen LogP) is 8.39. The molecule has 0 radical (unpaired) electrons. The van der Waals surface area contributed by atoms with Crippen LogP contribution < -0.4 is 4.52 Å². The molecule has 2 heterocycles. The summed E-state index contributed by atoms with van der Waals surface area (Å²) in [7, 11) is -12.7. The van der Waals surface area contributed by atoms with E-state index in [2.05, 4.69) is 38.0 Å². The van der Waals surface area contributed by atoms with Crippen LogP contribution in [-0.2, 0) is 10.7 Å². The van der Waals surface area contributed by atoms with Crippen LogP contribution in [0, 0.1) is 0 Å². The van der Waals surface area contributed by atoms with Gasteiger partial charge in [-0.3, -0.25) is 0 Å². The van der Waals surface area contributed by atoms with E-state index in [9.17, 15) is 25.8 Å². The molecule has 1 aliphatic rings. The highest BCUT2D eigenvalue weighted by atomic mass is 31.3. The molecule has 0 spiro atoms. The van der Waals surface area contributed by atoms with Gasteiger partial charge >= 0.3 is 29.8 Å². The minimum atomic E-state index is -4.87. The number of nitrogens with zero attached hydrogens (tertiary/aromatic N) is 5. The molecule has 0 fully saturated rings. The van der Waals surface area contributed by atoms with Crippen molar-refractivity contribution in [3.63, 3.8) is 0 Å². The summed E-state index contributed by atoms with van der Waals surface area (Å²) in [6.07, 6.45) is -4.69. The number of nitrogens with one attached hydrogen (secondary N) is 1. The Balaban J connectivity index is 0.000000264. The summed E-state index contributed by atoms with van der Waals surface area (Å²) < 4.78 is 97.6. The fraction of sp³-hybridized carbons (Fsp3) is 0.200. The summed E-state index contributed by atoms with van der Waals surface area (Å²) in [5.74, 6) is -0.600. The van der Waals surface area contributed by atoms with Gasteiger partial charge in [0.05, 0.1) is 25.4 Å². The fourth-order valence-corrected chi connectivity index (χ4v) is 7.63. The average Bonchev–Trinajstić information content (AvgIpc) is 3.15. The van der Waals surface area contributed by atoms with E-state index >= 15 is 0 Å². The zero-order valence-electron chi connectivity index (χ0n) is 16.0. The lowest BCUT2D eigenvalue weighted by Crippen LogP contribution is -2.04. The molecule has 2 aromatic carbocycles. The van der Waals surface area contributed by atoms with Crippen LogP contribution >= 0.6 is 23.7 Å². The number of para-hydroxylation sites is 2. The van der Waals surface area contributed by atoms with Crippen LogP contribution in [-0.4, -0.2) is 22.0 Å². The topological polar surface area (TPSA) is 97.1 Å². The maximum atomic E-state index is 14.5. The molecular weight excluding hydrogens is 503 g/mol. The highest BCUT2D eigenvalue weighted by molar-refractivity contribution is 7.74. The van der Waals surface area contributed by atoms with Crippen molar-refractivity contribution in [3.05, 3.63) is 54.1 Å². The van der Waals surface area contributed by atoms with E-state index < -0.39 is 41.1 Å². The lowest BCUT2D eigenvalue weighted by molar-refractivity contribution is -0.137. The highest BCUT2D eigenvalue weighted by Crippen LogP contribution is 2.75. The van der Waals surface area contributed by atoms with E-state index in [0.29, 0.717) is 6.07 Å². The number of aromatic nitrogens is 3. The number of fused-ring (bicyclic) bond motifs is 1. The van der Waals surface area contributed by atoms with Crippen molar-refractivity contribution < 1.29 is 34.8 Å². The summed E-state index contributed by atoms with van der Waals surface area (Å²) >= 11 is 0. The van der Waals surface area contributed by atoms with Gasteiger partial charge in [-0.15, -0.1) is 8.71 Å². The van der Waals surface area contributed by atoms with Crippen LogP contribution in [0.5, 0.6) is 5.75 Å². The van der Waals surface area contributed by atoms with E-state index in [4.69, 9.17) is 0 Å². The summed E-state index contributed by atoms with van der Waals surface area (Å²) in [6.45, 7) is 1.12. The zero-order valence-corrected chi connectivity index (χ0v) is 18.7. The summed E-state index contributed by atoms with van der Waals surface area (Å²) in [6, 6.07) is 10.9.